The van der Waals surface area contributed by atoms with Crippen molar-refractivity contribution in [3.05, 3.63) is 98.9 Å². The van der Waals surface area contributed by atoms with E-state index in [2.05, 4.69) is 15.6 Å². The molecule has 0 aliphatic heterocycles. The normalized spacial score (nSPS) is 11.0. The number of urea groups is 1. The van der Waals surface area contributed by atoms with Gasteiger partial charge >= 0.3 is 12.2 Å². The average Bonchev–Trinajstić information content (AvgIpc) is 2.87. The minimum Gasteiger partial charge on any atom is -0.376 e. The first kappa shape index (κ1) is 27.5. The zero-order valence-corrected chi connectivity index (χ0v) is 20.2. The monoisotopic (exact) mass is 532 g/mol. The molecule has 0 fully saturated rings. The van der Waals surface area contributed by atoms with E-state index in [1.807, 2.05) is 0 Å². The molecule has 2 amide bonds. The SMILES string of the molecule is N=C(CNC(=O)N(CCC(F)(F)F)C(=N)c1ccccc1)c1cc[nH]c(=O)c1NCc1ccccc1Cl. The van der Waals surface area contributed by atoms with Gasteiger partial charge in [0.25, 0.3) is 5.56 Å². The molecule has 0 atom stereocenters. The molecule has 0 saturated carbocycles. The third kappa shape index (κ3) is 7.68. The first-order chi connectivity index (χ1) is 17.6. The van der Waals surface area contributed by atoms with Gasteiger partial charge in [-0.25, -0.2) is 4.79 Å². The number of carbonyl (C=O) groups is 1. The molecular weight excluding hydrogens is 509 g/mol. The average molecular weight is 533 g/mol. The number of nitrogens with one attached hydrogen (secondary N) is 5. The van der Waals surface area contributed by atoms with Gasteiger partial charge in [-0.3, -0.25) is 15.1 Å². The fraction of sp³-hybridized carbons (Fsp3) is 0.200. The largest absolute Gasteiger partial charge is 0.390 e. The van der Waals surface area contributed by atoms with Crippen molar-refractivity contribution in [3.8, 4) is 0 Å². The van der Waals surface area contributed by atoms with Crippen molar-refractivity contribution >= 4 is 34.9 Å². The summed E-state index contributed by atoms with van der Waals surface area (Å²) in [4.78, 5) is 28.5. The summed E-state index contributed by atoms with van der Waals surface area (Å²) in [6.07, 6.45) is -4.50. The number of hydrogen-bond acceptors (Lipinski definition) is 5. The van der Waals surface area contributed by atoms with Crippen LogP contribution in [0.5, 0.6) is 0 Å². The predicted molar refractivity (Wildman–Crippen MR) is 137 cm³/mol. The molecule has 0 aliphatic rings. The fourth-order valence-electron chi connectivity index (χ4n) is 3.39. The second-order valence-electron chi connectivity index (χ2n) is 7.91. The second-order valence-corrected chi connectivity index (χ2v) is 8.32. The molecular formula is C25H24ClF3N6O2. The van der Waals surface area contributed by atoms with Crippen molar-refractivity contribution < 1.29 is 18.0 Å². The number of anilines is 1. The lowest BCUT2D eigenvalue weighted by molar-refractivity contribution is -0.135. The molecule has 2 aromatic carbocycles. The number of halogens is 4. The standard InChI is InChI=1S/C25H24ClF3N6O2/c26-19-9-5-4-8-17(19)14-33-21-18(10-12-32-23(21)36)20(30)15-34-24(37)35(13-11-25(27,28)29)22(31)16-6-2-1-3-7-16/h1-10,12,30-31,33H,11,13-15H2,(H,32,36)(H,34,37). The van der Waals surface area contributed by atoms with Gasteiger partial charge in [-0.2, -0.15) is 13.2 Å². The van der Waals surface area contributed by atoms with Crippen LogP contribution in [0.15, 0.2) is 71.7 Å². The number of rotatable bonds is 9. The summed E-state index contributed by atoms with van der Waals surface area (Å²) in [6, 6.07) is 15.4. The van der Waals surface area contributed by atoms with Crippen LogP contribution < -0.4 is 16.2 Å². The number of aromatic amines is 1. The van der Waals surface area contributed by atoms with Gasteiger partial charge in [-0.05, 0) is 17.7 Å². The minimum absolute atomic E-state index is 0.0765. The second kappa shape index (κ2) is 12.2. The zero-order valence-electron chi connectivity index (χ0n) is 19.5. The highest BCUT2D eigenvalue weighted by atomic mass is 35.5. The third-order valence-electron chi connectivity index (χ3n) is 5.30. The quantitative estimate of drug-likeness (QED) is 0.197. The molecule has 0 spiro atoms. The number of alkyl halides is 3. The number of amides is 2. The Labute approximate surface area is 215 Å². The van der Waals surface area contributed by atoms with E-state index >= 15 is 0 Å². The molecule has 0 aliphatic carbocycles. The van der Waals surface area contributed by atoms with Crippen molar-refractivity contribution in [2.75, 3.05) is 18.4 Å². The molecule has 0 radical (unpaired) electrons. The van der Waals surface area contributed by atoms with Crippen LogP contribution in [0.3, 0.4) is 0 Å². The van der Waals surface area contributed by atoms with E-state index in [1.165, 1.54) is 24.4 Å². The van der Waals surface area contributed by atoms with Crippen molar-refractivity contribution in [2.24, 2.45) is 0 Å². The van der Waals surface area contributed by atoms with Crippen molar-refractivity contribution in [3.63, 3.8) is 0 Å². The van der Waals surface area contributed by atoms with Gasteiger partial charge in [-0.15, -0.1) is 0 Å². The van der Waals surface area contributed by atoms with Crippen molar-refractivity contribution in [2.45, 2.75) is 19.1 Å². The molecule has 0 saturated heterocycles. The predicted octanol–water partition coefficient (Wildman–Crippen LogP) is 5.00. The van der Waals surface area contributed by atoms with E-state index < -0.39 is 43.1 Å². The lowest BCUT2D eigenvalue weighted by Gasteiger charge is -2.24. The van der Waals surface area contributed by atoms with Gasteiger partial charge in [0, 0.05) is 35.4 Å². The topological polar surface area (TPSA) is 125 Å². The van der Waals surface area contributed by atoms with Crippen LogP contribution in [-0.2, 0) is 6.54 Å². The van der Waals surface area contributed by atoms with Gasteiger partial charge in [-0.1, -0.05) is 60.1 Å². The van der Waals surface area contributed by atoms with Gasteiger partial charge in [0.1, 0.15) is 11.5 Å². The van der Waals surface area contributed by atoms with Crippen LogP contribution in [0, 0.1) is 10.8 Å². The lowest BCUT2D eigenvalue weighted by atomic mass is 10.1. The molecule has 1 aromatic heterocycles. The molecule has 37 heavy (non-hydrogen) atoms. The van der Waals surface area contributed by atoms with Gasteiger partial charge in [0.15, 0.2) is 0 Å². The Kier molecular flexibility index (Phi) is 9.07. The summed E-state index contributed by atoms with van der Waals surface area (Å²) in [5.74, 6) is -0.410. The molecule has 0 bridgehead atoms. The Morgan fingerprint density at radius 3 is 2.38 bits per heavy atom. The smallest absolute Gasteiger partial charge is 0.376 e. The highest BCUT2D eigenvalue weighted by Crippen LogP contribution is 2.21. The molecule has 12 heteroatoms. The zero-order chi connectivity index (χ0) is 27.0. The van der Waals surface area contributed by atoms with Gasteiger partial charge < -0.3 is 21.0 Å². The number of benzene rings is 2. The highest BCUT2D eigenvalue weighted by molar-refractivity contribution is 6.31. The Morgan fingerprint density at radius 1 is 1.03 bits per heavy atom. The van der Waals surface area contributed by atoms with Crippen LogP contribution in [0.2, 0.25) is 5.02 Å². The molecule has 5 N–H and O–H groups in total. The molecule has 8 nitrogen and oxygen atoms in total. The third-order valence-corrected chi connectivity index (χ3v) is 5.67. The maximum absolute atomic E-state index is 12.9. The van der Waals surface area contributed by atoms with E-state index in [-0.39, 0.29) is 29.1 Å². The molecule has 3 rings (SSSR count). The number of pyridine rings is 1. The minimum atomic E-state index is -4.53. The maximum Gasteiger partial charge on any atom is 0.390 e. The lowest BCUT2D eigenvalue weighted by Crippen LogP contribution is -2.46. The Hall–Kier alpha value is -4.12. The van der Waals surface area contributed by atoms with E-state index in [0.717, 1.165) is 5.56 Å². The summed E-state index contributed by atoms with van der Waals surface area (Å²) < 4.78 is 38.6. The summed E-state index contributed by atoms with van der Waals surface area (Å²) in [7, 11) is 0. The van der Waals surface area contributed by atoms with Gasteiger partial charge in [0.05, 0.1) is 18.7 Å². The fourth-order valence-corrected chi connectivity index (χ4v) is 3.59. The molecule has 1 heterocycles. The van der Waals surface area contributed by atoms with E-state index in [4.69, 9.17) is 22.4 Å². The van der Waals surface area contributed by atoms with E-state index in [9.17, 15) is 22.8 Å². The first-order valence-electron chi connectivity index (χ1n) is 11.1. The van der Waals surface area contributed by atoms with E-state index in [1.54, 1.807) is 42.5 Å². The van der Waals surface area contributed by atoms with Crippen molar-refractivity contribution in [1.29, 1.82) is 10.8 Å². The van der Waals surface area contributed by atoms with Crippen LogP contribution >= 0.6 is 11.6 Å². The van der Waals surface area contributed by atoms with Crippen LogP contribution in [0.4, 0.5) is 23.7 Å². The number of nitrogens with zero attached hydrogens (tertiary/aromatic N) is 1. The number of amidine groups is 1. The maximum atomic E-state index is 12.9. The van der Waals surface area contributed by atoms with Gasteiger partial charge in [0.2, 0.25) is 0 Å². The molecule has 194 valence electrons. The number of H-pyrrole nitrogens is 1. The number of carbonyl (C=O) groups excluding carboxylic acids is 1. The van der Waals surface area contributed by atoms with Crippen LogP contribution in [0.25, 0.3) is 0 Å². The number of hydrogen-bond donors (Lipinski definition) is 5. The van der Waals surface area contributed by atoms with Crippen LogP contribution in [0.1, 0.15) is 23.1 Å². The summed E-state index contributed by atoms with van der Waals surface area (Å²) in [5, 5.41) is 22.5. The van der Waals surface area contributed by atoms with Crippen molar-refractivity contribution in [1.82, 2.24) is 15.2 Å². The molecule has 3 aromatic rings. The van der Waals surface area contributed by atoms with Crippen LogP contribution in [-0.4, -0.2) is 46.7 Å². The van der Waals surface area contributed by atoms with E-state index in [0.29, 0.717) is 9.92 Å². The number of aromatic nitrogens is 1. The summed E-state index contributed by atoms with van der Waals surface area (Å²) in [5.41, 5.74) is 0.582. The Bertz CT molecular complexity index is 1330. The Balaban J connectivity index is 1.73. The first-order valence-corrected chi connectivity index (χ1v) is 11.5. The molecule has 0 unspecified atom stereocenters. The Morgan fingerprint density at radius 2 is 1.70 bits per heavy atom. The summed E-state index contributed by atoms with van der Waals surface area (Å²) in [6.45, 7) is -0.974. The summed E-state index contributed by atoms with van der Waals surface area (Å²) >= 11 is 6.16. The highest BCUT2D eigenvalue weighted by Gasteiger charge is 2.31.